The summed E-state index contributed by atoms with van der Waals surface area (Å²) in [6.07, 6.45) is 0. The van der Waals surface area contributed by atoms with E-state index >= 15 is 0 Å². The van der Waals surface area contributed by atoms with E-state index in [0.717, 1.165) is 29.5 Å². The second-order valence-electron chi connectivity index (χ2n) is 6.03. The summed E-state index contributed by atoms with van der Waals surface area (Å²) in [5, 5.41) is 2.73. The first-order valence-electron chi connectivity index (χ1n) is 8.79. The minimum Gasteiger partial charge on any atom is -0.495 e. The Kier molecular flexibility index (Phi) is 7.96. The van der Waals surface area contributed by atoms with E-state index in [1.165, 1.54) is 13.2 Å². The number of morpholine rings is 1. The molecule has 1 aromatic rings. The maximum atomic E-state index is 13.6. The van der Waals surface area contributed by atoms with Crippen molar-refractivity contribution >= 4 is 15.9 Å². The molecule has 0 saturated carbocycles. The number of ether oxygens (including phenoxy) is 2. The van der Waals surface area contributed by atoms with Gasteiger partial charge in [-0.2, -0.15) is 4.31 Å². The van der Waals surface area contributed by atoms with Crippen LogP contribution in [0, 0.1) is 5.82 Å². The highest BCUT2D eigenvalue weighted by Gasteiger charge is 2.28. The number of amides is 1. The second kappa shape index (κ2) is 9.98. The van der Waals surface area contributed by atoms with Gasteiger partial charge in [0, 0.05) is 32.7 Å². The van der Waals surface area contributed by atoms with Crippen LogP contribution in [-0.2, 0) is 19.6 Å². The van der Waals surface area contributed by atoms with Crippen molar-refractivity contribution in [2.45, 2.75) is 11.8 Å². The number of methoxy groups -OCH3 is 1. The van der Waals surface area contributed by atoms with E-state index in [4.69, 9.17) is 9.47 Å². The zero-order valence-corrected chi connectivity index (χ0v) is 16.4. The van der Waals surface area contributed by atoms with Crippen molar-refractivity contribution in [3.63, 3.8) is 0 Å². The normalized spacial score (nSPS) is 15.7. The van der Waals surface area contributed by atoms with Crippen LogP contribution in [0.25, 0.3) is 0 Å². The number of hydrogen-bond acceptors (Lipinski definition) is 6. The maximum absolute atomic E-state index is 13.6. The predicted octanol–water partition coefficient (Wildman–Crippen LogP) is 0.293. The molecule has 0 unspecified atom stereocenters. The van der Waals surface area contributed by atoms with Crippen LogP contribution in [0.15, 0.2) is 23.1 Å². The summed E-state index contributed by atoms with van der Waals surface area (Å²) >= 11 is 0. The Bertz CT molecular complexity index is 738. The van der Waals surface area contributed by atoms with Gasteiger partial charge in [0.1, 0.15) is 16.5 Å². The third-order valence-corrected chi connectivity index (χ3v) is 6.21. The van der Waals surface area contributed by atoms with Gasteiger partial charge >= 0.3 is 0 Å². The summed E-state index contributed by atoms with van der Waals surface area (Å²) in [5.41, 5.74) is 0. The molecule has 1 fully saturated rings. The zero-order valence-electron chi connectivity index (χ0n) is 15.6. The molecule has 1 aromatic carbocycles. The van der Waals surface area contributed by atoms with Gasteiger partial charge in [-0.25, -0.2) is 12.8 Å². The van der Waals surface area contributed by atoms with Crippen LogP contribution in [0.4, 0.5) is 4.39 Å². The average Bonchev–Trinajstić information content (AvgIpc) is 2.66. The van der Waals surface area contributed by atoms with Crippen molar-refractivity contribution in [1.29, 1.82) is 0 Å². The molecule has 0 atom stereocenters. The number of benzene rings is 1. The van der Waals surface area contributed by atoms with Crippen LogP contribution in [0.2, 0.25) is 0 Å². The van der Waals surface area contributed by atoms with Gasteiger partial charge in [0.25, 0.3) is 0 Å². The third kappa shape index (κ3) is 5.86. The average molecular weight is 403 g/mol. The lowest BCUT2D eigenvalue weighted by atomic mass is 10.3. The van der Waals surface area contributed by atoms with E-state index in [-0.39, 0.29) is 23.7 Å². The molecule has 0 radical (unpaired) electrons. The van der Waals surface area contributed by atoms with E-state index in [1.54, 1.807) is 6.92 Å². The first kappa shape index (κ1) is 21.5. The molecule has 27 heavy (non-hydrogen) atoms. The van der Waals surface area contributed by atoms with Gasteiger partial charge in [-0.05, 0) is 18.2 Å². The van der Waals surface area contributed by atoms with E-state index in [1.807, 2.05) is 0 Å². The summed E-state index contributed by atoms with van der Waals surface area (Å²) in [4.78, 5) is 14.1. The molecule has 8 nitrogen and oxygen atoms in total. The van der Waals surface area contributed by atoms with Crippen LogP contribution in [0.5, 0.6) is 5.75 Å². The summed E-state index contributed by atoms with van der Waals surface area (Å²) in [5.74, 6) is -1.08. The number of carbonyl (C=O) groups is 1. The standard InChI is InChI=1S/C17H26FN3O5S/c1-3-21(13-17(22)19-6-7-20-8-10-26-11-9-20)27(23,24)16-12-14(18)4-5-15(16)25-2/h4-5,12H,3,6-11,13H2,1-2H3,(H,19,22). The lowest BCUT2D eigenvalue weighted by Crippen LogP contribution is -2.44. The van der Waals surface area contributed by atoms with E-state index in [2.05, 4.69) is 10.2 Å². The minimum absolute atomic E-state index is 0.0302. The molecule has 1 heterocycles. The first-order chi connectivity index (χ1) is 12.9. The van der Waals surface area contributed by atoms with E-state index in [0.29, 0.717) is 26.3 Å². The van der Waals surface area contributed by atoms with Gasteiger partial charge in [0.15, 0.2) is 0 Å². The van der Waals surface area contributed by atoms with Crippen LogP contribution in [0.3, 0.4) is 0 Å². The smallest absolute Gasteiger partial charge is 0.247 e. The molecule has 1 aliphatic rings. The van der Waals surface area contributed by atoms with E-state index < -0.39 is 21.7 Å². The van der Waals surface area contributed by atoms with Crippen molar-refractivity contribution in [2.24, 2.45) is 0 Å². The molecular weight excluding hydrogens is 377 g/mol. The molecular formula is C17H26FN3O5S. The Labute approximate surface area is 159 Å². The van der Waals surface area contributed by atoms with Crippen LogP contribution >= 0.6 is 0 Å². The Morgan fingerprint density at radius 1 is 1.37 bits per heavy atom. The van der Waals surface area contributed by atoms with Gasteiger partial charge in [-0.1, -0.05) is 6.92 Å². The molecule has 1 aliphatic heterocycles. The molecule has 1 saturated heterocycles. The quantitative estimate of drug-likeness (QED) is 0.638. The van der Waals surface area contributed by atoms with Gasteiger partial charge in [0.2, 0.25) is 15.9 Å². The number of halogens is 1. The number of sulfonamides is 1. The predicted molar refractivity (Wildman–Crippen MR) is 97.7 cm³/mol. The van der Waals surface area contributed by atoms with Crippen LogP contribution < -0.4 is 10.1 Å². The lowest BCUT2D eigenvalue weighted by molar-refractivity contribution is -0.121. The Balaban J connectivity index is 1.98. The van der Waals surface area contributed by atoms with Crippen molar-refractivity contribution in [1.82, 2.24) is 14.5 Å². The fraction of sp³-hybridized carbons (Fsp3) is 0.588. The number of likely N-dealkylation sites (N-methyl/N-ethyl adjacent to an activating group) is 1. The molecule has 152 valence electrons. The summed E-state index contributed by atoms with van der Waals surface area (Å²) < 4.78 is 50.5. The largest absolute Gasteiger partial charge is 0.495 e. The van der Waals surface area contributed by atoms with Crippen molar-refractivity contribution in [2.75, 3.05) is 59.6 Å². The first-order valence-corrected chi connectivity index (χ1v) is 10.2. The van der Waals surface area contributed by atoms with Crippen molar-refractivity contribution in [3.05, 3.63) is 24.0 Å². The molecule has 0 bridgehead atoms. The fourth-order valence-corrected chi connectivity index (χ4v) is 4.32. The Hall–Kier alpha value is -1.75. The van der Waals surface area contributed by atoms with Crippen LogP contribution in [0.1, 0.15) is 6.92 Å². The van der Waals surface area contributed by atoms with Gasteiger partial charge in [-0.15, -0.1) is 0 Å². The van der Waals surface area contributed by atoms with Gasteiger partial charge < -0.3 is 14.8 Å². The summed E-state index contributed by atoms with van der Waals surface area (Å²) in [6.45, 7) is 5.39. The number of nitrogens with one attached hydrogen (secondary N) is 1. The maximum Gasteiger partial charge on any atom is 0.247 e. The second-order valence-corrected chi connectivity index (χ2v) is 7.94. The lowest BCUT2D eigenvalue weighted by Gasteiger charge is -2.26. The molecule has 1 amide bonds. The molecule has 1 N–H and O–H groups in total. The third-order valence-electron chi connectivity index (χ3n) is 4.27. The number of hydrogen-bond donors (Lipinski definition) is 1. The van der Waals surface area contributed by atoms with E-state index in [9.17, 15) is 17.6 Å². The Morgan fingerprint density at radius 2 is 2.07 bits per heavy atom. The number of rotatable bonds is 9. The minimum atomic E-state index is -4.08. The van der Waals surface area contributed by atoms with Crippen molar-refractivity contribution in [3.8, 4) is 5.75 Å². The SMILES string of the molecule is CCN(CC(=O)NCCN1CCOCC1)S(=O)(=O)c1cc(F)ccc1OC. The monoisotopic (exact) mass is 403 g/mol. The molecule has 0 spiro atoms. The Morgan fingerprint density at radius 3 is 2.70 bits per heavy atom. The molecule has 2 rings (SSSR count). The summed E-state index contributed by atoms with van der Waals surface area (Å²) in [6, 6.07) is 3.26. The molecule has 0 aliphatic carbocycles. The van der Waals surface area contributed by atoms with Crippen LogP contribution in [-0.4, -0.2) is 83.1 Å². The highest BCUT2D eigenvalue weighted by atomic mass is 32.2. The topological polar surface area (TPSA) is 88.2 Å². The zero-order chi connectivity index (χ0) is 19.9. The highest BCUT2D eigenvalue weighted by Crippen LogP contribution is 2.27. The highest BCUT2D eigenvalue weighted by molar-refractivity contribution is 7.89. The van der Waals surface area contributed by atoms with Gasteiger partial charge in [0.05, 0.1) is 26.9 Å². The number of nitrogens with zero attached hydrogens (tertiary/aromatic N) is 2. The number of carbonyl (C=O) groups excluding carboxylic acids is 1. The molecule has 10 heteroatoms. The van der Waals surface area contributed by atoms with Gasteiger partial charge in [-0.3, -0.25) is 9.69 Å². The fourth-order valence-electron chi connectivity index (χ4n) is 2.75. The summed E-state index contributed by atoms with van der Waals surface area (Å²) in [7, 11) is -2.77. The molecule has 0 aromatic heterocycles. The van der Waals surface area contributed by atoms with Crippen molar-refractivity contribution < 1.29 is 27.1 Å².